The largest absolute Gasteiger partial charge is 0.421 e. The van der Waals surface area contributed by atoms with E-state index in [9.17, 15) is 9.90 Å². The lowest BCUT2D eigenvalue weighted by Gasteiger charge is -2.17. The highest BCUT2D eigenvalue weighted by molar-refractivity contribution is 5.75. The fourth-order valence-corrected chi connectivity index (χ4v) is 3.27. The number of rotatable bonds is 8. The summed E-state index contributed by atoms with van der Waals surface area (Å²) in [5.74, 6) is 1.34. The second-order valence-electron chi connectivity index (χ2n) is 6.64. The number of carbonyl (C=O) groups is 1. The Kier molecular flexibility index (Phi) is 6.17. The molecule has 0 aliphatic heterocycles. The summed E-state index contributed by atoms with van der Waals surface area (Å²) in [7, 11) is 0. The molecule has 1 atom stereocenters. The minimum Gasteiger partial charge on any atom is -0.421 e. The van der Waals surface area contributed by atoms with E-state index >= 15 is 0 Å². The topological polar surface area (TPSA) is 88.2 Å². The number of aliphatic hydroxyl groups is 1. The Bertz CT molecular complexity index is 666. The van der Waals surface area contributed by atoms with Crippen LogP contribution >= 0.6 is 0 Å². The summed E-state index contributed by atoms with van der Waals surface area (Å²) < 4.78 is 5.62. The molecule has 1 aliphatic rings. The first-order chi connectivity index (χ1) is 12.2. The lowest BCUT2D eigenvalue weighted by Crippen LogP contribution is -2.35. The molecule has 3 rings (SSSR count). The smallest absolute Gasteiger partial charge is 0.247 e. The zero-order valence-corrected chi connectivity index (χ0v) is 14.4. The first kappa shape index (κ1) is 17.6. The fourth-order valence-electron chi connectivity index (χ4n) is 3.27. The molecular formula is C19H25N3O3. The first-order valence-corrected chi connectivity index (χ1v) is 9.05. The van der Waals surface area contributed by atoms with Gasteiger partial charge < -0.3 is 14.8 Å². The molecule has 2 aromatic rings. The lowest BCUT2D eigenvalue weighted by molar-refractivity contribution is -0.121. The van der Waals surface area contributed by atoms with Gasteiger partial charge in [0, 0.05) is 24.9 Å². The summed E-state index contributed by atoms with van der Waals surface area (Å²) in [5.41, 5.74) is 0.889. The normalized spacial score (nSPS) is 16.0. The molecule has 25 heavy (non-hydrogen) atoms. The van der Waals surface area contributed by atoms with E-state index in [0.29, 0.717) is 43.5 Å². The van der Waals surface area contributed by atoms with Gasteiger partial charge in [0.25, 0.3) is 0 Å². The molecule has 1 aromatic carbocycles. The van der Waals surface area contributed by atoms with E-state index in [0.717, 1.165) is 18.4 Å². The minimum absolute atomic E-state index is 0.0418. The van der Waals surface area contributed by atoms with E-state index < -0.39 is 6.10 Å². The molecule has 0 radical (unpaired) electrons. The van der Waals surface area contributed by atoms with Crippen LogP contribution in [0.1, 0.15) is 44.4 Å². The molecule has 0 spiro atoms. The monoisotopic (exact) mass is 343 g/mol. The molecule has 2 N–H and O–H groups in total. The van der Waals surface area contributed by atoms with Crippen molar-refractivity contribution in [2.75, 3.05) is 6.54 Å². The van der Waals surface area contributed by atoms with E-state index in [2.05, 4.69) is 15.5 Å². The van der Waals surface area contributed by atoms with Crippen molar-refractivity contribution in [3.8, 4) is 11.5 Å². The number of aryl methyl sites for hydroxylation is 1. The summed E-state index contributed by atoms with van der Waals surface area (Å²) in [6.45, 7) is 0.349. The predicted octanol–water partition coefficient (Wildman–Crippen LogP) is 2.73. The number of carbonyl (C=O) groups excluding carboxylic acids is 1. The quantitative estimate of drug-likeness (QED) is 0.769. The number of benzene rings is 1. The summed E-state index contributed by atoms with van der Waals surface area (Å²) in [6.07, 6.45) is 5.68. The molecule has 0 bridgehead atoms. The van der Waals surface area contributed by atoms with E-state index in [1.165, 1.54) is 12.8 Å². The van der Waals surface area contributed by atoms with E-state index in [1.54, 1.807) is 0 Å². The van der Waals surface area contributed by atoms with Gasteiger partial charge >= 0.3 is 0 Å². The fraction of sp³-hybridized carbons (Fsp3) is 0.526. The number of nitrogens with zero attached hydrogens (tertiary/aromatic N) is 2. The summed E-state index contributed by atoms with van der Waals surface area (Å²) in [5, 5.41) is 21.0. The Morgan fingerprint density at radius 1 is 1.24 bits per heavy atom. The summed E-state index contributed by atoms with van der Waals surface area (Å²) in [6, 6.07) is 9.61. The van der Waals surface area contributed by atoms with Crippen molar-refractivity contribution in [2.24, 2.45) is 5.92 Å². The highest BCUT2D eigenvalue weighted by Gasteiger charge is 2.23. The number of hydrogen-bond donors (Lipinski definition) is 2. The number of nitrogens with one attached hydrogen (secondary N) is 1. The Hall–Kier alpha value is -2.21. The number of aliphatic hydroxyl groups excluding tert-OH is 1. The summed E-state index contributed by atoms with van der Waals surface area (Å²) >= 11 is 0. The molecule has 1 aromatic heterocycles. The van der Waals surface area contributed by atoms with Gasteiger partial charge in [-0.1, -0.05) is 31.0 Å². The second-order valence-corrected chi connectivity index (χ2v) is 6.64. The Morgan fingerprint density at radius 2 is 2.00 bits per heavy atom. The van der Waals surface area contributed by atoms with Crippen LogP contribution in [0.5, 0.6) is 0 Å². The van der Waals surface area contributed by atoms with Gasteiger partial charge in [-0.3, -0.25) is 4.79 Å². The molecule has 134 valence electrons. The van der Waals surface area contributed by atoms with Crippen molar-refractivity contribution in [1.29, 1.82) is 0 Å². The molecule has 0 saturated heterocycles. The molecule has 1 amide bonds. The van der Waals surface area contributed by atoms with Crippen molar-refractivity contribution >= 4 is 5.91 Å². The molecular weight excluding hydrogens is 318 g/mol. The molecule has 6 nitrogen and oxygen atoms in total. The first-order valence-electron chi connectivity index (χ1n) is 9.05. The number of hydrogen-bond acceptors (Lipinski definition) is 5. The maximum atomic E-state index is 11.9. The molecule has 1 fully saturated rings. The van der Waals surface area contributed by atoms with Crippen molar-refractivity contribution < 1.29 is 14.3 Å². The van der Waals surface area contributed by atoms with E-state index in [-0.39, 0.29) is 5.91 Å². The SMILES string of the molecule is O=C(CCCc1nnc(-c2ccccc2)o1)NCC(O)C1CCCC1. The number of amides is 1. The molecule has 1 saturated carbocycles. The number of aromatic nitrogens is 2. The molecule has 1 unspecified atom stereocenters. The van der Waals surface area contributed by atoms with Gasteiger partial charge in [0.1, 0.15) is 0 Å². The van der Waals surface area contributed by atoms with E-state index in [4.69, 9.17) is 4.42 Å². The van der Waals surface area contributed by atoms with Gasteiger partial charge in [-0.25, -0.2) is 0 Å². The van der Waals surface area contributed by atoms with Crippen LogP contribution in [0.2, 0.25) is 0 Å². The van der Waals surface area contributed by atoms with Gasteiger partial charge in [0.2, 0.25) is 17.7 Å². The lowest BCUT2D eigenvalue weighted by atomic mass is 10.0. The third-order valence-corrected chi connectivity index (χ3v) is 4.73. The third kappa shape index (κ3) is 5.13. The predicted molar refractivity (Wildman–Crippen MR) is 93.6 cm³/mol. The van der Waals surface area contributed by atoms with Crippen LogP contribution < -0.4 is 5.32 Å². The van der Waals surface area contributed by atoms with Gasteiger partial charge in [-0.2, -0.15) is 0 Å². The highest BCUT2D eigenvalue weighted by atomic mass is 16.4. The minimum atomic E-state index is -0.421. The van der Waals surface area contributed by atoms with Gasteiger partial charge in [0.05, 0.1) is 6.10 Å². The standard InChI is InChI=1S/C19H25N3O3/c23-16(14-7-4-5-8-14)13-20-17(24)11-6-12-18-21-22-19(25-18)15-9-2-1-3-10-15/h1-3,9-10,14,16,23H,4-8,11-13H2,(H,20,24). The van der Waals surface area contributed by atoms with Crippen LogP contribution in [-0.4, -0.2) is 33.9 Å². The zero-order valence-electron chi connectivity index (χ0n) is 14.4. The van der Waals surface area contributed by atoms with Crippen molar-refractivity contribution in [3.63, 3.8) is 0 Å². The molecule has 6 heteroatoms. The van der Waals surface area contributed by atoms with Crippen molar-refractivity contribution in [3.05, 3.63) is 36.2 Å². The van der Waals surface area contributed by atoms with E-state index in [1.807, 2.05) is 30.3 Å². The maximum Gasteiger partial charge on any atom is 0.247 e. The van der Waals surface area contributed by atoms with Crippen LogP contribution in [0.15, 0.2) is 34.7 Å². The highest BCUT2D eigenvalue weighted by Crippen LogP contribution is 2.27. The zero-order chi connectivity index (χ0) is 17.5. The van der Waals surface area contributed by atoms with Crippen LogP contribution in [0.25, 0.3) is 11.5 Å². The van der Waals surface area contributed by atoms with Crippen LogP contribution in [-0.2, 0) is 11.2 Å². The Balaban J connectivity index is 1.36. The summed E-state index contributed by atoms with van der Waals surface area (Å²) in [4.78, 5) is 11.9. The van der Waals surface area contributed by atoms with Crippen LogP contribution in [0.3, 0.4) is 0 Å². The molecule has 1 aliphatic carbocycles. The third-order valence-electron chi connectivity index (χ3n) is 4.73. The van der Waals surface area contributed by atoms with Crippen LogP contribution in [0.4, 0.5) is 0 Å². The molecule has 1 heterocycles. The average molecular weight is 343 g/mol. The van der Waals surface area contributed by atoms with Gasteiger partial charge in [-0.15, -0.1) is 10.2 Å². The second kappa shape index (κ2) is 8.76. The van der Waals surface area contributed by atoms with Crippen molar-refractivity contribution in [2.45, 2.75) is 51.0 Å². The van der Waals surface area contributed by atoms with Gasteiger partial charge in [0.15, 0.2) is 0 Å². The van der Waals surface area contributed by atoms with Crippen LogP contribution in [0, 0.1) is 5.92 Å². The Morgan fingerprint density at radius 3 is 2.76 bits per heavy atom. The Labute approximate surface area is 147 Å². The van der Waals surface area contributed by atoms with Crippen molar-refractivity contribution in [1.82, 2.24) is 15.5 Å². The average Bonchev–Trinajstić information content (AvgIpc) is 3.32. The maximum absolute atomic E-state index is 11.9. The van der Waals surface area contributed by atoms with Gasteiger partial charge in [-0.05, 0) is 37.3 Å².